The van der Waals surface area contributed by atoms with E-state index in [9.17, 15) is 0 Å². The Morgan fingerprint density at radius 1 is 1.21 bits per heavy atom. The van der Waals surface area contributed by atoms with E-state index < -0.39 is 0 Å². The second kappa shape index (κ2) is 5.51. The molecule has 2 aliphatic heterocycles. The van der Waals surface area contributed by atoms with E-state index in [4.69, 9.17) is 4.74 Å². The zero-order chi connectivity index (χ0) is 13.2. The van der Waals surface area contributed by atoms with Crippen LogP contribution in [0, 0.1) is 0 Å². The maximum atomic E-state index is 5.28. The minimum Gasteiger partial charge on any atom is -0.382 e. The van der Waals surface area contributed by atoms with Gasteiger partial charge in [-0.2, -0.15) is 0 Å². The summed E-state index contributed by atoms with van der Waals surface area (Å²) in [6, 6.07) is 10.7. The van der Waals surface area contributed by atoms with Crippen LogP contribution in [0.25, 0.3) is 0 Å². The maximum absolute atomic E-state index is 5.28. The molecule has 0 amide bonds. The summed E-state index contributed by atoms with van der Waals surface area (Å²) in [7, 11) is 4.05. The number of hydrogen-bond acceptors (Lipinski definition) is 3. The van der Waals surface area contributed by atoms with Crippen molar-refractivity contribution in [2.45, 2.75) is 50.4 Å². The number of hydrogen-bond donors (Lipinski definition) is 1. The third kappa shape index (κ3) is 2.63. The summed E-state index contributed by atoms with van der Waals surface area (Å²) in [6.07, 6.45) is 5.29. The summed E-state index contributed by atoms with van der Waals surface area (Å²) in [5.74, 6) is 0. The molecule has 0 radical (unpaired) electrons. The zero-order valence-corrected chi connectivity index (χ0v) is 11.9. The molecule has 19 heavy (non-hydrogen) atoms. The van der Waals surface area contributed by atoms with Crippen LogP contribution in [0.15, 0.2) is 24.3 Å². The van der Waals surface area contributed by atoms with E-state index in [2.05, 4.69) is 41.5 Å². The van der Waals surface area contributed by atoms with Crippen LogP contribution in [0.4, 0.5) is 5.69 Å². The van der Waals surface area contributed by atoms with Crippen LogP contribution in [0.3, 0.4) is 0 Å². The molecule has 1 N–H and O–H groups in total. The van der Waals surface area contributed by atoms with E-state index >= 15 is 0 Å². The number of nitrogens with one attached hydrogen (secondary N) is 1. The smallest absolute Gasteiger partial charge is 0.0733 e. The average Bonchev–Trinajstić information content (AvgIpc) is 2.64. The lowest BCUT2D eigenvalue weighted by Crippen LogP contribution is -2.44. The van der Waals surface area contributed by atoms with Crippen molar-refractivity contribution in [2.75, 3.05) is 19.5 Å². The van der Waals surface area contributed by atoms with Gasteiger partial charge in [-0.25, -0.2) is 0 Å². The Morgan fingerprint density at radius 2 is 1.89 bits per heavy atom. The molecular formula is C16H24N2O. The molecule has 104 valence electrons. The van der Waals surface area contributed by atoms with Crippen LogP contribution in [0.2, 0.25) is 0 Å². The number of benzene rings is 1. The van der Waals surface area contributed by atoms with Crippen LogP contribution in [-0.4, -0.2) is 37.2 Å². The molecule has 0 spiro atoms. The Hall–Kier alpha value is -1.06. The van der Waals surface area contributed by atoms with Crippen molar-refractivity contribution in [1.29, 1.82) is 0 Å². The number of rotatable bonds is 4. The van der Waals surface area contributed by atoms with Gasteiger partial charge in [0.1, 0.15) is 0 Å². The average molecular weight is 260 g/mol. The Labute approximate surface area is 115 Å². The molecular weight excluding hydrogens is 236 g/mol. The lowest BCUT2D eigenvalue weighted by Gasteiger charge is -2.37. The topological polar surface area (TPSA) is 24.5 Å². The Balaban J connectivity index is 1.69. The van der Waals surface area contributed by atoms with Crippen molar-refractivity contribution in [2.24, 2.45) is 0 Å². The second-order valence-corrected chi connectivity index (χ2v) is 5.95. The van der Waals surface area contributed by atoms with E-state index in [1.807, 2.05) is 0 Å². The highest BCUT2D eigenvalue weighted by atomic mass is 16.5. The first-order chi connectivity index (χ1) is 9.28. The lowest BCUT2D eigenvalue weighted by molar-refractivity contribution is 0.168. The van der Waals surface area contributed by atoms with Crippen LogP contribution in [-0.2, 0) is 11.3 Å². The summed E-state index contributed by atoms with van der Waals surface area (Å²) in [4.78, 5) is 2.58. The van der Waals surface area contributed by atoms with Gasteiger partial charge >= 0.3 is 0 Å². The van der Waals surface area contributed by atoms with Gasteiger partial charge in [0.2, 0.25) is 0 Å². The Bertz CT molecular complexity index is 421. The summed E-state index contributed by atoms with van der Waals surface area (Å²) in [6.45, 7) is 0.683. The molecule has 2 atom stereocenters. The SMILES string of the molecule is COCc1ccccc1NC1CC2CCC(C1)N2C. The van der Waals surface area contributed by atoms with Gasteiger partial charge in [-0.3, -0.25) is 0 Å². The minimum absolute atomic E-state index is 0.617. The molecule has 3 heteroatoms. The van der Waals surface area contributed by atoms with E-state index in [1.165, 1.54) is 36.9 Å². The third-order valence-corrected chi connectivity index (χ3v) is 4.78. The van der Waals surface area contributed by atoms with E-state index in [0.717, 1.165) is 12.1 Å². The van der Waals surface area contributed by atoms with Crippen LogP contribution >= 0.6 is 0 Å². The van der Waals surface area contributed by atoms with Crippen molar-refractivity contribution in [3.8, 4) is 0 Å². The van der Waals surface area contributed by atoms with Crippen molar-refractivity contribution in [3.05, 3.63) is 29.8 Å². The fourth-order valence-corrected chi connectivity index (χ4v) is 3.69. The number of nitrogens with zero attached hydrogens (tertiary/aromatic N) is 1. The molecule has 3 rings (SSSR count). The fraction of sp³-hybridized carbons (Fsp3) is 0.625. The molecule has 0 aliphatic carbocycles. The van der Waals surface area contributed by atoms with Crippen LogP contribution in [0.5, 0.6) is 0 Å². The normalized spacial score (nSPS) is 30.5. The summed E-state index contributed by atoms with van der Waals surface area (Å²) >= 11 is 0. The Morgan fingerprint density at radius 3 is 2.58 bits per heavy atom. The summed E-state index contributed by atoms with van der Waals surface area (Å²) in [5.41, 5.74) is 2.51. The highest BCUT2D eigenvalue weighted by molar-refractivity contribution is 5.51. The molecule has 1 aromatic carbocycles. The standard InChI is InChI=1S/C16H24N2O/c1-18-14-7-8-15(18)10-13(9-14)17-16-6-4-3-5-12(16)11-19-2/h3-6,13-15,17H,7-11H2,1-2H3. The van der Waals surface area contributed by atoms with Crippen molar-refractivity contribution < 1.29 is 4.74 Å². The number of piperidine rings is 1. The number of ether oxygens (including phenoxy) is 1. The highest BCUT2D eigenvalue weighted by Gasteiger charge is 2.38. The van der Waals surface area contributed by atoms with E-state index in [-0.39, 0.29) is 0 Å². The molecule has 3 nitrogen and oxygen atoms in total. The van der Waals surface area contributed by atoms with Gasteiger partial charge in [-0.15, -0.1) is 0 Å². The van der Waals surface area contributed by atoms with Gasteiger partial charge in [0.05, 0.1) is 6.61 Å². The van der Waals surface area contributed by atoms with Gasteiger partial charge in [0.15, 0.2) is 0 Å². The molecule has 2 heterocycles. The molecule has 2 saturated heterocycles. The predicted octanol–water partition coefficient (Wildman–Crippen LogP) is 2.87. The number of anilines is 1. The third-order valence-electron chi connectivity index (χ3n) is 4.78. The second-order valence-electron chi connectivity index (χ2n) is 5.95. The first-order valence-electron chi connectivity index (χ1n) is 7.33. The molecule has 2 unspecified atom stereocenters. The zero-order valence-electron chi connectivity index (χ0n) is 11.9. The maximum Gasteiger partial charge on any atom is 0.0733 e. The van der Waals surface area contributed by atoms with Gasteiger partial charge in [0, 0.05) is 36.5 Å². The number of methoxy groups -OCH3 is 1. The first-order valence-corrected chi connectivity index (χ1v) is 7.33. The van der Waals surface area contributed by atoms with Gasteiger partial charge in [-0.1, -0.05) is 18.2 Å². The monoisotopic (exact) mass is 260 g/mol. The van der Waals surface area contributed by atoms with E-state index in [0.29, 0.717) is 12.6 Å². The largest absolute Gasteiger partial charge is 0.382 e. The van der Waals surface area contributed by atoms with Gasteiger partial charge in [0.25, 0.3) is 0 Å². The van der Waals surface area contributed by atoms with Crippen molar-refractivity contribution in [1.82, 2.24) is 4.90 Å². The van der Waals surface area contributed by atoms with Gasteiger partial charge in [-0.05, 0) is 38.8 Å². The van der Waals surface area contributed by atoms with Crippen molar-refractivity contribution >= 4 is 5.69 Å². The van der Waals surface area contributed by atoms with Crippen molar-refractivity contribution in [3.63, 3.8) is 0 Å². The Kier molecular flexibility index (Phi) is 3.76. The predicted molar refractivity (Wildman–Crippen MR) is 78.4 cm³/mol. The number of fused-ring (bicyclic) bond motifs is 2. The fourth-order valence-electron chi connectivity index (χ4n) is 3.69. The molecule has 0 saturated carbocycles. The minimum atomic E-state index is 0.617. The molecule has 1 aromatic rings. The lowest BCUT2D eigenvalue weighted by atomic mass is 9.97. The van der Waals surface area contributed by atoms with Gasteiger partial charge < -0.3 is 15.0 Å². The number of para-hydroxylation sites is 1. The molecule has 0 aromatic heterocycles. The highest BCUT2D eigenvalue weighted by Crippen LogP contribution is 2.35. The first kappa shape index (κ1) is 12.9. The molecule has 2 aliphatic rings. The van der Waals surface area contributed by atoms with Crippen LogP contribution in [0.1, 0.15) is 31.2 Å². The van der Waals surface area contributed by atoms with Crippen LogP contribution < -0.4 is 5.32 Å². The molecule has 2 bridgehead atoms. The quantitative estimate of drug-likeness (QED) is 0.901. The summed E-state index contributed by atoms with van der Waals surface area (Å²) < 4.78 is 5.28. The molecule has 2 fully saturated rings. The summed E-state index contributed by atoms with van der Waals surface area (Å²) in [5, 5.41) is 3.75. The van der Waals surface area contributed by atoms with E-state index in [1.54, 1.807) is 7.11 Å².